The smallest absolute Gasteiger partial charge is 0.256 e. The number of fused-ring (bicyclic) bond motifs is 1. The minimum Gasteiger partial charge on any atom is -0.496 e. The standard InChI is InChI=1S/C19H26N2O3/c1-24-16-13-17(22)21-12-6-5-9-15(21)18(16)19(23)20-11-10-14-7-3-2-4-8-14/h7,13H,2-6,8-12H2,1H3,(H,20,23). The Labute approximate surface area is 142 Å². The van der Waals surface area contributed by atoms with E-state index >= 15 is 0 Å². The average molecular weight is 330 g/mol. The molecule has 1 aliphatic heterocycles. The van der Waals surface area contributed by atoms with Gasteiger partial charge in [-0.15, -0.1) is 0 Å². The highest BCUT2D eigenvalue weighted by Gasteiger charge is 2.23. The number of hydrogen-bond donors (Lipinski definition) is 1. The molecule has 1 aliphatic carbocycles. The summed E-state index contributed by atoms with van der Waals surface area (Å²) in [4.78, 5) is 24.9. The lowest BCUT2D eigenvalue weighted by molar-refractivity contribution is 0.0948. The van der Waals surface area contributed by atoms with Gasteiger partial charge < -0.3 is 14.6 Å². The van der Waals surface area contributed by atoms with Crippen molar-refractivity contribution in [3.8, 4) is 5.75 Å². The molecule has 1 aromatic rings. The van der Waals surface area contributed by atoms with Gasteiger partial charge in [-0.1, -0.05) is 11.6 Å². The van der Waals surface area contributed by atoms with Gasteiger partial charge in [-0.05, 0) is 51.4 Å². The van der Waals surface area contributed by atoms with Crippen LogP contribution in [0.25, 0.3) is 0 Å². The monoisotopic (exact) mass is 330 g/mol. The normalized spacial score (nSPS) is 17.0. The van der Waals surface area contributed by atoms with Gasteiger partial charge in [0.15, 0.2) is 0 Å². The molecule has 24 heavy (non-hydrogen) atoms. The third-order valence-electron chi connectivity index (χ3n) is 4.99. The van der Waals surface area contributed by atoms with Gasteiger partial charge in [-0.3, -0.25) is 9.59 Å². The van der Waals surface area contributed by atoms with Gasteiger partial charge in [-0.25, -0.2) is 0 Å². The van der Waals surface area contributed by atoms with Crippen LogP contribution in [-0.2, 0) is 13.0 Å². The molecule has 5 heteroatoms. The second-order valence-electron chi connectivity index (χ2n) is 6.60. The van der Waals surface area contributed by atoms with Crippen LogP contribution in [0.2, 0.25) is 0 Å². The summed E-state index contributed by atoms with van der Waals surface area (Å²) in [6.45, 7) is 1.32. The zero-order chi connectivity index (χ0) is 16.9. The highest BCUT2D eigenvalue weighted by molar-refractivity contribution is 5.98. The van der Waals surface area contributed by atoms with Crippen molar-refractivity contribution in [3.63, 3.8) is 0 Å². The Morgan fingerprint density at radius 2 is 2.08 bits per heavy atom. The van der Waals surface area contributed by atoms with Crippen LogP contribution in [0, 0.1) is 0 Å². The van der Waals surface area contributed by atoms with Gasteiger partial charge in [0.2, 0.25) is 0 Å². The van der Waals surface area contributed by atoms with Gasteiger partial charge in [0.25, 0.3) is 11.5 Å². The Morgan fingerprint density at radius 3 is 2.83 bits per heavy atom. The van der Waals surface area contributed by atoms with Crippen LogP contribution in [0.3, 0.4) is 0 Å². The van der Waals surface area contributed by atoms with Crippen molar-refractivity contribution in [1.29, 1.82) is 0 Å². The fourth-order valence-electron chi connectivity index (χ4n) is 3.70. The van der Waals surface area contributed by atoms with Gasteiger partial charge in [0.05, 0.1) is 7.11 Å². The van der Waals surface area contributed by atoms with Gasteiger partial charge in [0.1, 0.15) is 11.3 Å². The molecule has 1 aromatic heterocycles. The topological polar surface area (TPSA) is 60.3 Å². The molecule has 2 heterocycles. The van der Waals surface area contributed by atoms with Crippen molar-refractivity contribution >= 4 is 5.91 Å². The van der Waals surface area contributed by atoms with E-state index in [1.807, 2.05) is 0 Å². The Kier molecular flexibility index (Phi) is 5.38. The average Bonchev–Trinajstić information content (AvgIpc) is 2.62. The lowest BCUT2D eigenvalue weighted by Crippen LogP contribution is -2.33. The van der Waals surface area contributed by atoms with Crippen LogP contribution in [0.1, 0.15) is 61.0 Å². The minimum atomic E-state index is -0.131. The maximum atomic E-state index is 12.7. The first-order valence-electron chi connectivity index (χ1n) is 8.97. The van der Waals surface area contributed by atoms with Crippen LogP contribution in [-0.4, -0.2) is 24.1 Å². The first-order chi connectivity index (χ1) is 11.7. The highest BCUT2D eigenvalue weighted by Crippen LogP contribution is 2.25. The van der Waals surface area contributed by atoms with Crippen LogP contribution < -0.4 is 15.6 Å². The number of pyridine rings is 1. The highest BCUT2D eigenvalue weighted by atomic mass is 16.5. The van der Waals surface area contributed by atoms with E-state index in [4.69, 9.17) is 4.74 Å². The van der Waals surface area contributed by atoms with Crippen molar-refractivity contribution in [2.75, 3.05) is 13.7 Å². The molecule has 0 saturated carbocycles. The molecule has 0 unspecified atom stereocenters. The largest absolute Gasteiger partial charge is 0.496 e. The molecule has 0 fully saturated rings. The summed E-state index contributed by atoms with van der Waals surface area (Å²) in [6, 6.07) is 1.44. The Bertz CT molecular complexity index is 703. The molecular weight excluding hydrogens is 304 g/mol. The Morgan fingerprint density at radius 1 is 1.25 bits per heavy atom. The number of methoxy groups -OCH3 is 1. The van der Waals surface area contributed by atoms with E-state index in [0.29, 0.717) is 24.4 Å². The quantitative estimate of drug-likeness (QED) is 0.845. The van der Waals surface area contributed by atoms with Crippen molar-refractivity contribution in [1.82, 2.24) is 9.88 Å². The summed E-state index contributed by atoms with van der Waals surface area (Å²) in [5, 5.41) is 3.02. The van der Waals surface area contributed by atoms with E-state index in [1.165, 1.54) is 31.6 Å². The lowest BCUT2D eigenvalue weighted by atomic mass is 9.97. The number of rotatable bonds is 5. The second-order valence-corrected chi connectivity index (χ2v) is 6.60. The SMILES string of the molecule is COc1cc(=O)n2c(c1C(=O)NCCC1=CCCCC1)CCCC2. The summed E-state index contributed by atoms with van der Waals surface area (Å²) >= 11 is 0. The number of ether oxygens (including phenoxy) is 1. The van der Waals surface area contributed by atoms with Gasteiger partial charge in [0, 0.05) is 24.8 Å². The van der Waals surface area contributed by atoms with E-state index in [1.54, 1.807) is 4.57 Å². The molecule has 0 atom stereocenters. The van der Waals surface area contributed by atoms with Crippen molar-refractivity contribution in [2.24, 2.45) is 0 Å². The number of allylic oxidation sites excluding steroid dienone is 1. The third-order valence-corrected chi connectivity index (χ3v) is 4.99. The molecule has 0 radical (unpaired) electrons. The van der Waals surface area contributed by atoms with Crippen LogP contribution in [0.4, 0.5) is 0 Å². The van der Waals surface area contributed by atoms with Crippen LogP contribution >= 0.6 is 0 Å². The predicted octanol–water partition coefficient (Wildman–Crippen LogP) is 2.81. The number of nitrogens with one attached hydrogen (secondary N) is 1. The fraction of sp³-hybridized carbons (Fsp3) is 0.579. The molecule has 1 N–H and O–H groups in total. The summed E-state index contributed by atoms with van der Waals surface area (Å²) < 4.78 is 7.05. The molecular formula is C19H26N2O3. The maximum Gasteiger partial charge on any atom is 0.256 e. The summed E-state index contributed by atoms with van der Waals surface area (Å²) in [7, 11) is 1.51. The van der Waals surface area contributed by atoms with Crippen molar-refractivity contribution in [2.45, 2.75) is 57.9 Å². The minimum absolute atomic E-state index is 0.0783. The van der Waals surface area contributed by atoms with Gasteiger partial charge in [-0.2, -0.15) is 0 Å². The molecule has 0 bridgehead atoms. The maximum absolute atomic E-state index is 12.7. The third kappa shape index (κ3) is 3.55. The first kappa shape index (κ1) is 16.8. The predicted molar refractivity (Wildman–Crippen MR) is 93.7 cm³/mol. The van der Waals surface area contributed by atoms with Crippen molar-refractivity contribution < 1.29 is 9.53 Å². The van der Waals surface area contributed by atoms with E-state index < -0.39 is 0 Å². The molecule has 0 spiro atoms. The number of hydrogen-bond acceptors (Lipinski definition) is 3. The van der Waals surface area contributed by atoms with Crippen LogP contribution in [0.15, 0.2) is 22.5 Å². The molecule has 5 nitrogen and oxygen atoms in total. The summed E-state index contributed by atoms with van der Waals surface area (Å²) in [6.07, 6.45) is 10.8. The fourth-order valence-corrected chi connectivity index (χ4v) is 3.70. The number of nitrogens with zero attached hydrogens (tertiary/aromatic N) is 1. The Balaban J connectivity index is 1.76. The number of amides is 1. The second kappa shape index (κ2) is 7.69. The van der Waals surface area contributed by atoms with E-state index in [9.17, 15) is 9.59 Å². The van der Waals surface area contributed by atoms with E-state index in [0.717, 1.165) is 44.2 Å². The molecule has 0 saturated heterocycles. The van der Waals surface area contributed by atoms with Crippen molar-refractivity contribution in [3.05, 3.63) is 39.3 Å². The number of carbonyl (C=O) groups excluding carboxylic acids is 1. The molecule has 0 aromatic carbocycles. The molecule has 3 rings (SSSR count). The van der Waals surface area contributed by atoms with Gasteiger partial charge >= 0.3 is 0 Å². The lowest BCUT2D eigenvalue weighted by Gasteiger charge is -2.22. The number of carbonyl (C=O) groups is 1. The molecule has 2 aliphatic rings. The van der Waals surface area contributed by atoms with E-state index in [-0.39, 0.29) is 11.5 Å². The zero-order valence-electron chi connectivity index (χ0n) is 14.4. The molecule has 130 valence electrons. The molecule has 1 amide bonds. The summed E-state index contributed by atoms with van der Waals surface area (Å²) in [5.74, 6) is 0.261. The Hall–Kier alpha value is -2.04. The zero-order valence-corrected chi connectivity index (χ0v) is 14.4. The van der Waals surface area contributed by atoms with E-state index in [2.05, 4.69) is 11.4 Å². The summed E-state index contributed by atoms with van der Waals surface area (Å²) in [5.41, 5.74) is 2.72. The number of aromatic nitrogens is 1. The van der Waals surface area contributed by atoms with Crippen LogP contribution in [0.5, 0.6) is 5.75 Å². The first-order valence-corrected chi connectivity index (χ1v) is 8.97.